The third-order valence-corrected chi connectivity index (χ3v) is 3.20. The second kappa shape index (κ2) is 4.81. The molecule has 0 spiro atoms. The van der Waals surface area contributed by atoms with Crippen LogP contribution in [0.5, 0.6) is 5.75 Å². The molecule has 0 aliphatic heterocycles. The molecule has 0 aromatic carbocycles. The van der Waals surface area contributed by atoms with E-state index < -0.39 is 42.5 Å². The van der Waals surface area contributed by atoms with E-state index in [0.717, 1.165) is 6.92 Å². The average molecular weight is 321 g/mol. The van der Waals surface area contributed by atoms with Crippen LogP contribution in [0.1, 0.15) is 5.69 Å². The summed E-state index contributed by atoms with van der Waals surface area (Å²) in [4.78, 5) is 11.5. The molecule has 19 heavy (non-hydrogen) atoms. The van der Waals surface area contributed by atoms with E-state index in [9.17, 15) is 31.7 Å². The van der Waals surface area contributed by atoms with Crippen LogP contribution in [0.2, 0.25) is 0 Å². The number of nitrogens with zero attached hydrogens (tertiary/aromatic N) is 2. The van der Waals surface area contributed by atoms with Crippen molar-refractivity contribution in [3.63, 3.8) is 0 Å². The number of pyridine rings is 1. The van der Waals surface area contributed by atoms with Crippen LogP contribution < -0.4 is 4.74 Å². The molecule has 0 radical (unpaired) electrons. The van der Waals surface area contributed by atoms with E-state index in [0.29, 0.717) is 0 Å². The fourth-order valence-corrected chi connectivity index (χ4v) is 2.51. The first kappa shape index (κ1) is 15.4. The molecule has 7 nitrogen and oxygen atoms in total. The molecule has 1 heterocycles. The summed E-state index contributed by atoms with van der Waals surface area (Å²) in [7, 11) is 0.328. The van der Waals surface area contributed by atoms with Gasteiger partial charge in [-0.15, -0.1) is 13.2 Å². The van der Waals surface area contributed by atoms with Crippen LogP contribution in [0.4, 0.5) is 19.0 Å². The van der Waals surface area contributed by atoms with Gasteiger partial charge in [0.05, 0.1) is 6.07 Å². The molecule has 1 aromatic heterocycles. The topological polar surface area (TPSA) is 99.4 Å². The molecule has 0 fully saturated rings. The number of rotatable bonds is 3. The van der Waals surface area contributed by atoms with E-state index in [2.05, 4.69) is 9.72 Å². The lowest BCUT2D eigenvalue weighted by Crippen LogP contribution is -2.19. The van der Waals surface area contributed by atoms with Crippen LogP contribution >= 0.6 is 10.7 Å². The molecular formula is C7H4ClF3N2O5S. The van der Waals surface area contributed by atoms with Gasteiger partial charge in [-0.2, -0.15) is 0 Å². The van der Waals surface area contributed by atoms with Crippen LogP contribution in [0.25, 0.3) is 0 Å². The molecule has 0 saturated carbocycles. The fourth-order valence-electron chi connectivity index (χ4n) is 1.21. The van der Waals surface area contributed by atoms with Crippen LogP contribution in [-0.4, -0.2) is 24.7 Å². The number of halogens is 4. The third kappa shape index (κ3) is 3.92. The van der Waals surface area contributed by atoms with Crippen molar-refractivity contribution in [2.45, 2.75) is 18.2 Å². The van der Waals surface area contributed by atoms with Gasteiger partial charge in [0.1, 0.15) is 0 Å². The van der Waals surface area contributed by atoms with Crippen LogP contribution in [0.3, 0.4) is 0 Å². The summed E-state index contributed by atoms with van der Waals surface area (Å²) in [5, 5.41) is 10.5. The summed E-state index contributed by atoms with van der Waals surface area (Å²) in [6, 6.07) is 0.232. The Balaban J connectivity index is 3.59. The summed E-state index contributed by atoms with van der Waals surface area (Å²) in [5.74, 6) is -2.30. The van der Waals surface area contributed by atoms with Gasteiger partial charge in [-0.05, 0) is 9.91 Å². The molecule has 106 valence electrons. The van der Waals surface area contributed by atoms with Crippen molar-refractivity contribution < 1.29 is 31.2 Å². The van der Waals surface area contributed by atoms with Crippen LogP contribution in [0, 0.1) is 17.0 Å². The highest BCUT2D eigenvalue weighted by Gasteiger charge is 2.37. The molecule has 0 saturated heterocycles. The smallest absolute Gasteiger partial charge is 0.404 e. The molecule has 0 bridgehead atoms. The van der Waals surface area contributed by atoms with E-state index in [1.807, 2.05) is 0 Å². The van der Waals surface area contributed by atoms with Gasteiger partial charge < -0.3 is 14.9 Å². The first-order chi connectivity index (χ1) is 8.42. The lowest BCUT2D eigenvalue weighted by molar-refractivity contribution is -0.389. The fraction of sp³-hybridized carbons (Fsp3) is 0.286. The Kier molecular flexibility index (Phi) is 3.91. The van der Waals surface area contributed by atoms with E-state index >= 15 is 0 Å². The molecule has 1 rings (SSSR count). The molecular weight excluding hydrogens is 317 g/mol. The number of hydrogen-bond donors (Lipinski definition) is 0. The highest BCUT2D eigenvalue weighted by Crippen LogP contribution is 2.35. The predicted molar refractivity (Wildman–Crippen MR) is 55.4 cm³/mol. The second-order valence-electron chi connectivity index (χ2n) is 3.14. The zero-order valence-electron chi connectivity index (χ0n) is 8.93. The van der Waals surface area contributed by atoms with Gasteiger partial charge in [-0.25, -0.2) is 8.42 Å². The zero-order chi connectivity index (χ0) is 15.0. The standard InChI is InChI=1S/C7H4ClF3N2O5S/c1-3-6(19(8,16)17)4(18-7(9,10)11)2-5(12-3)13(14)15/h2H,1H3. The SMILES string of the molecule is Cc1nc([N+](=O)[O-])cc(OC(F)(F)F)c1S(=O)(=O)Cl. The Morgan fingerprint density at radius 1 is 1.47 bits per heavy atom. The van der Waals surface area contributed by atoms with E-state index in [4.69, 9.17) is 10.7 Å². The van der Waals surface area contributed by atoms with Gasteiger partial charge in [-0.3, -0.25) is 0 Å². The average Bonchev–Trinajstić information content (AvgIpc) is 2.10. The van der Waals surface area contributed by atoms with Gasteiger partial charge in [0.2, 0.25) is 0 Å². The number of ether oxygens (including phenoxy) is 1. The number of nitro groups is 1. The maximum atomic E-state index is 12.1. The van der Waals surface area contributed by atoms with E-state index in [1.54, 1.807) is 0 Å². The van der Waals surface area contributed by atoms with Crippen molar-refractivity contribution >= 4 is 25.6 Å². The molecule has 0 aliphatic carbocycles. The molecule has 0 atom stereocenters. The van der Waals surface area contributed by atoms with Crippen molar-refractivity contribution in [1.29, 1.82) is 0 Å². The Morgan fingerprint density at radius 3 is 2.37 bits per heavy atom. The largest absolute Gasteiger partial charge is 0.573 e. The first-order valence-electron chi connectivity index (χ1n) is 4.28. The third-order valence-electron chi connectivity index (χ3n) is 1.75. The molecule has 0 amide bonds. The van der Waals surface area contributed by atoms with Crippen LogP contribution in [-0.2, 0) is 9.05 Å². The monoisotopic (exact) mass is 320 g/mol. The number of hydrogen-bond acceptors (Lipinski definition) is 6. The van der Waals surface area contributed by atoms with Crippen molar-refractivity contribution in [3.05, 3.63) is 21.9 Å². The van der Waals surface area contributed by atoms with Gasteiger partial charge >= 0.3 is 12.2 Å². The maximum absolute atomic E-state index is 12.1. The van der Waals surface area contributed by atoms with E-state index in [-0.39, 0.29) is 6.07 Å². The quantitative estimate of drug-likeness (QED) is 0.480. The summed E-state index contributed by atoms with van der Waals surface area (Å²) in [5.41, 5.74) is -0.580. The summed E-state index contributed by atoms with van der Waals surface area (Å²) < 4.78 is 62.1. The molecule has 0 N–H and O–H groups in total. The predicted octanol–water partition coefficient (Wildman–Crippen LogP) is 2.12. The summed E-state index contributed by atoms with van der Waals surface area (Å²) >= 11 is 0. The summed E-state index contributed by atoms with van der Waals surface area (Å²) in [6.45, 7) is 0.950. The van der Waals surface area contributed by atoms with Crippen molar-refractivity contribution in [1.82, 2.24) is 4.98 Å². The number of alkyl halides is 3. The van der Waals surface area contributed by atoms with Crippen molar-refractivity contribution in [3.8, 4) is 5.75 Å². The van der Waals surface area contributed by atoms with Gasteiger partial charge in [0.15, 0.2) is 16.3 Å². The lowest BCUT2D eigenvalue weighted by Gasteiger charge is -2.11. The maximum Gasteiger partial charge on any atom is 0.573 e. The highest BCUT2D eigenvalue weighted by atomic mass is 35.7. The highest BCUT2D eigenvalue weighted by molar-refractivity contribution is 8.13. The van der Waals surface area contributed by atoms with Gasteiger partial charge in [0.25, 0.3) is 9.05 Å². The van der Waals surface area contributed by atoms with Gasteiger partial charge in [0, 0.05) is 17.6 Å². The Bertz CT molecular complexity index is 630. The summed E-state index contributed by atoms with van der Waals surface area (Å²) in [6.07, 6.45) is -5.24. The minimum atomic E-state index is -5.24. The number of aromatic nitrogens is 1. The van der Waals surface area contributed by atoms with Crippen molar-refractivity contribution in [2.24, 2.45) is 0 Å². The Labute approximate surface area is 108 Å². The molecule has 1 aromatic rings. The van der Waals surface area contributed by atoms with Crippen LogP contribution in [0.15, 0.2) is 11.0 Å². The molecule has 12 heteroatoms. The zero-order valence-corrected chi connectivity index (χ0v) is 10.5. The lowest BCUT2D eigenvalue weighted by atomic mass is 10.3. The molecule has 0 unspecified atom stereocenters. The number of aryl methyl sites for hydroxylation is 1. The van der Waals surface area contributed by atoms with E-state index in [1.165, 1.54) is 0 Å². The van der Waals surface area contributed by atoms with Gasteiger partial charge in [-0.1, -0.05) is 0 Å². The molecule has 0 aliphatic rings. The minimum absolute atomic E-state index is 0.232. The first-order valence-corrected chi connectivity index (χ1v) is 6.59. The Morgan fingerprint density at radius 2 is 2.00 bits per heavy atom. The normalized spacial score (nSPS) is 12.3. The minimum Gasteiger partial charge on any atom is -0.404 e. The second-order valence-corrected chi connectivity index (χ2v) is 5.64. The Hall–Kier alpha value is -1.62. The van der Waals surface area contributed by atoms with Crippen molar-refractivity contribution in [2.75, 3.05) is 0 Å².